The zero-order valence-electron chi connectivity index (χ0n) is 9.24. The Balaban J connectivity index is 1.78. The van der Waals surface area contributed by atoms with Crippen LogP contribution in [0.25, 0.3) is 0 Å². The molecule has 1 aliphatic heterocycles. The van der Waals surface area contributed by atoms with Crippen LogP contribution in [0.4, 0.5) is 0 Å². The SMILES string of the molecule is NC1(C(=O)NCC2CCS(=O)(=O)C2)CCC1. The van der Waals surface area contributed by atoms with Gasteiger partial charge in [0.15, 0.2) is 9.84 Å². The molecule has 5 nitrogen and oxygen atoms in total. The van der Waals surface area contributed by atoms with E-state index in [9.17, 15) is 13.2 Å². The Kier molecular flexibility index (Phi) is 2.96. The van der Waals surface area contributed by atoms with Crippen LogP contribution < -0.4 is 11.1 Å². The van der Waals surface area contributed by atoms with E-state index < -0.39 is 15.4 Å². The van der Waals surface area contributed by atoms with Crippen LogP contribution in [0.15, 0.2) is 0 Å². The average Bonchev–Trinajstić information content (AvgIpc) is 2.51. The molecule has 1 heterocycles. The molecule has 2 rings (SSSR count). The average molecular weight is 246 g/mol. The monoisotopic (exact) mass is 246 g/mol. The van der Waals surface area contributed by atoms with Crippen LogP contribution in [-0.4, -0.2) is 37.9 Å². The lowest BCUT2D eigenvalue weighted by Gasteiger charge is -2.36. The Labute approximate surface area is 95.7 Å². The normalized spacial score (nSPS) is 30.7. The summed E-state index contributed by atoms with van der Waals surface area (Å²) in [4.78, 5) is 11.7. The van der Waals surface area contributed by atoms with Crippen molar-refractivity contribution in [2.24, 2.45) is 11.7 Å². The second-order valence-electron chi connectivity index (χ2n) is 4.99. The molecule has 0 aromatic heterocycles. The lowest BCUT2D eigenvalue weighted by atomic mass is 9.77. The quantitative estimate of drug-likeness (QED) is 0.697. The number of nitrogens with one attached hydrogen (secondary N) is 1. The van der Waals surface area contributed by atoms with E-state index in [1.165, 1.54) is 0 Å². The van der Waals surface area contributed by atoms with Gasteiger partial charge >= 0.3 is 0 Å². The van der Waals surface area contributed by atoms with Gasteiger partial charge in [-0.05, 0) is 31.6 Å². The van der Waals surface area contributed by atoms with Gasteiger partial charge in [-0.25, -0.2) is 8.42 Å². The molecule has 1 aliphatic carbocycles. The van der Waals surface area contributed by atoms with Gasteiger partial charge in [0.05, 0.1) is 17.0 Å². The van der Waals surface area contributed by atoms with Crippen LogP contribution in [0.2, 0.25) is 0 Å². The predicted octanol–water partition coefficient (Wildman–Crippen LogP) is -0.581. The summed E-state index contributed by atoms with van der Waals surface area (Å²) in [5, 5.41) is 2.78. The van der Waals surface area contributed by atoms with Crippen LogP contribution in [-0.2, 0) is 14.6 Å². The zero-order valence-corrected chi connectivity index (χ0v) is 10.1. The largest absolute Gasteiger partial charge is 0.354 e. The Hall–Kier alpha value is -0.620. The van der Waals surface area contributed by atoms with E-state index in [1.807, 2.05) is 0 Å². The second-order valence-corrected chi connectivity index (χ2v) is 7.22. The minimum atomic E-state index is -2.85. The van der Waals surface area contributed by atoms with Crippen molar-refractivity contribution in [1.82, 2.24) is 5.32 Å². The summed E-state index contributed by atoms with van der Waals surface area (Å²) in [5.41, 5.74) is 5.17. The fraction of sp³-hybridized carbons (Fsp3) is 0.900. The first-order chi connectivity index (χ1) is 7.41. The van der Waals surface area contributed by atoms with E-state index in [1.54, 1.807) is 0 Å². The van der Waals surface area contributed by atoms with E-state index in [-0.39, 0.29) is 23.3 Å². The molecule has 0 radical (unpaired) electrons. The number of hydrogen-bond acceptors (Lipinski definition) is 4. The summed E-state index contributed by atoms with van der Waals surface area (Å²) in [6.45, 7) is 0.441. The van der Waals surface area contributed by atoms with Crippen LogP contribution >= 0.6 is 0 Å². The highest BCUT2D eigenvalue weighted by Crippen LogP contribution is 2.29. The fourth-order valence-electron chi connectivity index (χ4n) is 2.23. The molecule has 0 aromatic carbocycles. The van der Waals surface area contributed by atoms with Crippen molar-refractivity contribution < 1.29 is 13.2 Å². The third kappa shape index (κ3) is 2.38. The summed E-state index contributed by atoms with van der Waals surface area (Å²) >= 11 is 0. The zero-order chi connectivity index (χ0) is 11.8. The maximum Gasteiger partial charge on any atom is 0.240 e. The molecule has 1 saturated heterocycles. The van der Waals surface area contributed by atoms with Crippen molar-refractivity contribution in [3.63, 3.8) is 0 Å². The Morgan fingerprint density at radius 1 is 1.44 bits per heavy atom. The summed E-state index contributed by atoms with van der Waals surface area (Å²) in [5.74, 6) is 0.396. The first-order valence-electron chi connectivity index (χ1n) is 5.69. The number of carbonyl (C=O) groups is 1. The topological polar surface area (TPSA) is 89.3 Å². The molecule has 0 spiro atoms. The van der Waals surface area contributed by atoms with Crippen LogP contribution in [0.5, 0.6) is 0 Å². The Morgan fingerprint density at radius 3 is 2.56 bits per heavy atom. The van der Waals surface area contributed by atoms with Gasteiger partial charge < -0.3 is 11.1 Å². The van der Waals surface area contributed by atoms with Gasteiger partial charge in [0.2, 0.25) is 5.91 Å². The van der Waals surface area contributed by atoms with Gasteiger partial charge in [0.25, 0.3) is 0 Å². The minimum absolute atomic E-state index is 0.0672. The number of sulfone groups is 1. The lowest BCUT2D eigenvalue weighted by Crippen LogP contribution is -2.59. The highest BCUT2D eigenvalue weighted by Gasteiger charge is 2.40. The molecule has 6 heteroatoms. The van der Waals surface area contributed by atoms with Crippen LogP contribution in [0, 0.1) is 5.92 Å². The van der Waals surface area contributed by atoms with E-state index >= 15 is 0 Å². The molecule has 16 heavy (non-hydrogen) atoms. The second kappa shape index (κ2) is 4.00. The smallest absolute Gasteiger partial charge is 0.240 e. The molecular formula is C10H18N2O3S. The van der Waals surface area contributed by atoms with Crippen LogP contribution in [0.3, 0.4) is 0 Å². The Morgan fingerprint density at radius 2 is 2.12 bits per heavy atom. The van der Waals surface area contributed by atoms with Gasteiger partial charge in [-0.2, -0.15) is 0 Å². The number of rotatable bonds is 3. The van der Waals surface area contributed by atoms with Gasteiger partial charge in [-0.1, -0.05) is 0 Å². The highest BCUT2D eigenvalue weighted by atomic mass is 32.2. The van der Waals surface area contributed by atoms with E-state index in [2.05, 4.69) is 5.32 Å². The van der Waals surface area contributed by atoms with Gasteiger partial charge in [0.1, 0.15) is 0 Å². The molecule has 1 saturated carbocycles. The first kappa shape index (κ1) is 11.9. The summed E-state index contributed by atoms with van der Waals surface area (Å²) < 4.78 is 22.4. The number of carbonyl (C=O) groups excluding carboxylic acids is 1. The van der Waals surface area contributed by atoms with Crippen molar-refractivity contribution in [2.45, 2.75) is 31.2 Å². The molecule has 1 unspecified atom stereocenters. The third-order valence-corrected chi connectivity index (χ3v) is 5.41. The highest BCUT2D eigenvalue weighted by molar-refractivity contribution is 7.91. The fourth-order valence-corrected chi connectivity index (χ4v) is 4.09. The van der Waals surface area contributed by atoms with Gasteiger partial charge in [-0.3, -0.25) is 4.79 Å². The molecule has 0 bridgehead atoms. The maximum atomic E-state index is 11.7. The maximum absolute atomic E-state index is 11.7. The van der Waals surface area contributed by atoms with E-state index in [0.717, 1.165) is 19.3 Å². The third-order valence-electron chi connectivity index (χ3n) is 3.58. The molecular weight excluding hydrogens is 228 g/mol. The van der Waals surface area contributed by atoms with E-state index in [4.69, 9.17) is 5.73 Å². The molecule has 2 aliphatic rings. The van der Waals surface area contributed by atoms with Gasteiger partial charge in [0, 0.05) is 6.54 Å². The number of hydrogen-bond donors (Lipinski definition) is 2. The summed E-state index contributed by atoms with van der Waals surface area (Å²) in [6, 6.07) is 0. The molecule has 3 N–H and O–H groups in total. The Bertz CT molecular complexity index is 387. The molecule has 2 fully saturated rings. The lowest BCUT2D eigenvalue weighted by molar-refractivity contribution is -0.129. The number of nitrogens with two attached hydrogens (primary N) is 1. The van der Waals surface area contributed by atoms with Crippen LogP contribution in [0.1, 0.15) is 25.7 Å². The number of amides is 1. The molecule has 1 atom stereocenters. The van der Waals surface area contributed by atoms with Crippen molar-refractivity contribution >= 4 is 15.7 Å². The van der Waals surface area contributed by atoms with Crippen molar-refractivity contribution in [3.05, 3.63) is 0 Å². The van der Waals surface area contributed by atoms with E-state index in [0.29, 0.717) is 13.0 Å². The molecule has 0 aromatic rings. The molecule has 1 amide bonds. The minimum Gasteiger partial charge on any atom is -0.354 e. The van der Waals surface area contributed by atoms with Gasteiger partial charge in [-0.15, -0.1) is 0 Å². The molecule has 92 valence electrons. The summed E-state index contributed by atoms with van der Waals surface area (Å²) in [6.07, 6.45) is 3.13. The van der Waals surface area contributed by atoms with Crippen molar-refractivity contribution in [2.75, 3.05) is 18.1 Å². The van der Waals surface area contributed by atoms with Crippen molar-refractivity contribution in [1.29, 1.82) is 0 Å². The standard InChI is InChI=1S/C10H18N2O3S/c11-10(3-1-4-10)9(13)12-6-8-2-5-16(14,15)7-8/h8H,1-7,11H2,(H,12,13). The summed E-state index contributed by atoms with van der Waals surface area (Å²) in [7, 11) is -2.85. The predicted molar refractivity (Wildman–Crippen MR) is 60.5 cm³/mol. The van der Waals surface area contributed by atoms with Crippen molar-refractivity contribution in [3.8, 4) is 0 Å². The first-order valence-corrected chi connectivity index (χ1v) is 7.51.